The van der Waals surface area contributed by atoms with Gasteiger partial charge in [0.05, 0.1) is 19.1 Å². The number of hydrogen-bond acceptors (Lipinski definition) is 5. The van der Waals surface area contributed by atoms with E-state index < -0.39 is 11.0 Å². The first kappa shape index (κ1) is 14.8. The van der Waals surface area contributed by atoms with Crippen molar-refractivity contribution in [3.8, 4) is 11.5 Å². The fourth-order valence-corrected chi connectivity index (χ4v) is 2.03. The first-order valence-electron chi connectivity index (χ1n) is 6.21. The number of non-ortho nitro benzene ring substituents is 1. The third kappa shape index (κ3) is 3.11. The highest BCUT2D eigenvalue weighted by Crippen LogP contribution is 2.33. The summed E-state index contributed by atoms with van der Waals surface area (Å²) in [6.07, 6.45) is -1.02. The number of rotatable bonds is 5. The fraction of sp³-hybridized carbons (Fsp3) is 0.200. The van der Waals surface area contributed by atoms with E-state index >= 15 is 0 Å². The summed E-state index contributed by atoms with van der Waals surface area (Å²) in [5.41, 5.74) is 0.866. The Morgan fingerprint density at radius 1 is 1.14 bits per heavy atom. The Labute approximate surface area is 121 Å². The van der Waals surface area contributed by atoms with Gasteiger partial charge in [-0.25, -0.2) is 0 Å². The molecular formula is C15H15NO5. The van der Waals surface area contributed by atoms with Gasteiger partial charge in [-0.05, 0) is 17.7 Å². The van der Waals surface area contributed by atoms with E-state index in [4.69, 9.17) is 9.47 Å². The van der Waals surface area contributed by atoms with Crippen LogP contribution in [0.5, 0.6) is 11.5 Å². The summed E-state index contributed by atoms with van der Waals surface area (Å²) in [6, 6.07) is 10.9. The molecule has 0 aliphatic heterocycles. The zero-order chi connectivity index (χ0) is 15.4. The minimum absolute atomic E-state index is 0.0703. The number of aliphatic hydroxyl groups excluding tert-OH is 1. The topological polar surface area (TPSA) is 81.8 Å². The van der Waals surface area contributed by atoms with Gasteiger partial charge in [0.15, 0.2) is 0 Å². The minimum Gasteiger partial charge on any atom is -0.497 e. The number of nitrogens with zero attached hydrogens (tertiary/aromatic N) is 1. The number of ether oxygens (including phenoxy) is 2. The summed E-state index contributed by atoms with van der Waals surface area (Å²) in [5.74, 6) is 1.05. The SMILES string of the molecule is COc1ccc(C(O)c2cccc([N+](=O)[O-])c2)c(OC)c1. The van der Waals surface area contributed by atoms with Gasteiger partial charge in [-0.15, -0.1) is 0 Å². The van der Waals surface area contributed by atoms with E-state index in [1.165, 1.54) is 32.4 Å². The maximum atomic E-state index is 10.8. The average Bonchev–Trinajstić information content (AvgIpc) is 2.53. The molecular weight excluding hydrogens is 274 g/mol. The first-order chi connectivity index (χ1) is 10.1. The maximum Gasteiger partial charge on any atom is 0.269 e. The Balaban J connectivity index is 2.41. The van der Waals surface area contributed by atoms with E-state index in [0.717, 1.165) is 0 Å². The van der Waals surface area contributed by atoms with Crippen LogP contribution in [0, 0.1) is 10.1 Å². The van der Waals surface area contributed by atoms with Gasteiger partial charge >= 0.3 is 0 Å². The average molecular weight is 289 g/mol. The number of aliphatic hydroxyl groups is 1. The molecule has 2 rings (SSSR count). The van der Waals surface area contributed by atoms with Crippen LogP contribution in [0.2, 0.25) is 0 Å². The summed E-state index contributed by atoms with van der Waals surface area (Å²) in [4.78, 5) is 10.3. The number of hydrogen-bond donors (Lipinski definition) is 1. The molecule has 6 heteroatoms. The van der Waals surface area contributed by atoms with Crippen LogP contribution in [-0.2, 0) is 0 Å². The van der Waals surface area contributed by atoms with Crippen molar-refractivity contribution in [2.45, 2.75) is 6.10 Å². The molecule has 0 bridgehead atoms. The zero-order valence-electron chi connectivity index (χ0n) is 11.6. The summed E-state index contributed by atoms with van der Waals surface area (Å²) in [6.45, 7) is 0. The van der Waals surface area contributed by atoms with E-state index in [-0.39, 0.29) is 5.69 Å². The lowest BCUT2D eigenvalue weighted by molar-refractivity contribution is -0.385. The Hall–Kier alpha value is -2.60. The second-order valence-corrected chi connectivity index (χ2v) is 4.36. The molecule has 0 spiro atoms. The number of nitro benzene ring substituents is 1. The normalized spacial score (nSPS) is 11.8. The van der Waals surface area contributed by atoms with Crippen molar-refractivity contribution in [3.05, 3.63) is 63.7 Å². The molecule has 0 aliphatic rings. The van der Waals surface area contributed by atoms with Crippen molar-refractivity contribution >= 4 is 5.69 Å². The third-order valence-electron chi connectivity index (χ3n) is 3.13. The summed E-state index contributed by atoms with van der Waals surface area (Å²) in [7, 11) is 3.02. The van der Waals surface area contributed by atoms with Crippen LogP contribution < -0.4 is 9.47 Å². The van der Waals surface area contributed by atoms with Crippen molar-refractivity contribution in [3.63, 3.8) is 0 Å². The maximum absolute atomic E-state index is 10.8. The smallest absolute Gasteiger partial charge is 0.269 e. The Bertz CT molecular complexity index is 656. The second kappa shape index (κ2) is 6.23. The van der Waals surface area contributed by atoms with Gasteiger partial charge in [-0.2, -0.15) is 0 Å². The van der Waals surface area contributed by atoms with Crippen molar-refractivity contribution < 1.29 is 19.5 Å². The number of methoxy groups -OCH3 is 2. The molecule has 0 aliphatic carbocycles. The summed E-state index contributed by atoms with van der Waals surface area (Å²) < 4.78 is 10.3. The van der Waals surface area contributed by atoms with Gasteiger partial charge in [0.2, 0.25) is 0 Å². The summed E-state index contributed by atoms with van der Waals surface area (Å²) in [5, 5.41) is 21.2. The van der Waals surface area contributed by atoms with Crippen molar-refractivity contribution in [1.29, 1.82) is 0 Å². The zero-order valence-corrected chi connectivity index (χ0v) is 11.6. The molecule has 0 heterocycles. The van der Waals surface area contributed by atoms with Gasteiger partial charge in [0, 0.05) is 23.8 Å². The van der Waals surface area contributed by atoms with E-state index in [1.807, 2.05) is 0 Å². The predicted molar refractivity (Wildman–Crippen MR) is 76.7 cm³/mol. The molecule has 0 aromatic heterocycles. The molecule has 2 aromatic carbocycles. The van der Waals surface area contributed by atoms with Crippen LogP contribution in [0.3, 0.4) is 0 Å². The quantitative estimate of drug-likeness (QED) is 0.676. The summed E-state index contributed by atoms with van der Waals surface area (Å²) >= 11 is 0. The molecule has 21 heavy (non-hydrogen) atoms. The number of nitro groups is 1. The van der Waals surface area contributed by atoms with Crippen LogP contribution in [0.25, 0.3) is 0 Å². The standard InChI is InChI=1S/C15H15NO5/c1-20-12-6-7-13(14(9-12)21-2)15(17)10-4-3-5-11(8-10)16(18)19/h3-9,15,17H,1-2H3. The molecule has 0 radical (unpaired) electrons. The van der Waals surface area contributed by atoms with Crippen molar-refractivity contribution in [1.82, 2.24) is 0 Å². The molecule has 0 saturated heterocycles. The van der Waals surface area contributed by atoms with Gasteiger partial charge in [0.25, 0.3) is 5.69 Å². The van der Waals surface area contributed by atoms with E-state index in [0.29, 0.717) is 22.6 Å². The molecule has 0 amide bonds. The molecule has 1 unspecified atom stereocenters. The number of benzene rings is 2. The Morgan fingerprint density at radius 2 is 1.90 bits per heavy atom. The minimum atomic E-state index is -1.02. The highest BCUT2D eigenvalue weighted by Gasteiger charge is 2.18. The van der Waals surface area contributed by atoms with E-state index in [9.17, 15) is 15.2 Å². The van der Waals surface area contributed by atoms with Crippen molar-refractivity contribution in [2.75, 3.05) is 14.2 Å². The van der Waals surface area contributed by atoms with Crippen LogP contribution in [0.15, 0.2) is 42.5 Å². The molecule has 1 N–H and O–H groups in total. The molecule has 1 atom stereocenters. The van der Waals surface area contributed by atoms with E-state index in [2.05, 4.69) is 0 Å². The molecule has 0 fully saturated rings. The molecule has 6 nitrogen and oxygen atoms in total. The lowest BCUT2D eigenvalue weighted by Crippen LogP contribution is -2.03. The van der Waals surface area contributed by atoms with Crippen LogP contribution in [0.4, 0.5) is 5.69 Å². The Kier molecular flexibility index (Phi) is 4.39. The van der Waals surface area contributed by atoms with Crippen LogP contribution in [0.1, 0.15) is 17.2 Å². The van der Waals surface area contributed by atoms with Gasteiger partial charge in [-0.1, -0.05) is 12.1 Å². The van der Waals surface area contributed by atoms with Crippen molar-refractivity contribution in [2.24, 2.45) is 0 Å². The molecule has 2 aromatic rings. The first-order valence-corrected chi connectivity index (χ1v) is 6.21. The largest absolute Gasteiger partial charge is 0.497 e. The predicted octanol–water partition coefficient (Wildman–Crippen LogP) is 2.69. The van der Waals surface area contributed by atoms with E-state index in [1.54, 1.807) is 24.3 Å². The second-order valence-electron chi connectivity index (χ2n) is 4.36. The van der Waals surface area contributed by atoms with Gasteiger partial charge in [-0.3, -0.25) is 10.1 Å². The highest BCUT2D eigenvalue weighted by atomic mass is 16.6. The molecule has 0 saturated carbocycles. The third-order valence-corrected chi connectivity index (χ3v) is 3.13. The fourth-order valence-electron chi connectivity index (χ4n) is 2.03. The monoisotopic (exact) mass is 289 g/mol. The van der Waals surface area contributed by atoms with Crippen LogP contribution >= 0.6 is 0 Å². The lowest BCUT2D eigenvalue weighted by Gasteiger charge is -2.16. The highest BCUT2D eigenvalue weighted by molar-refractivity contribution is 5.46. The lowest BCUT2D eigenvalue weighted by atomic mass is 10.00. The van der Waals surface area contributed by atoms with Gasteiger partial charge in [0.1, 0.15) is 17.6 Å². The van der Waals surface area contributed by atoms with Gasteiger partial charge < -0.3 is 14.6 Å². The Morgan fingerprint density at radius 3 is 2.52 bits per heavy atom. The van der Waals surface area contributed by atoms with Crippen LogP contribution in [-0.4, -0.2) is 24.2 Å². The molecule has 110 valence electrons.